The van der Waals surface area contributed by atoms with Crippen LogP contribution in [0.2, 0.25) is 0 Å². The molecule has 0 saturated carbocycles. The second-order valence-electron chi connectivity index (χ2n) is 3.20. The van der Waals surface area contributed by atoms with Crippen molar-refractivity contribution in [2.75, 3.05) is 0 Å². The Labute approximate surface area is 89.8 Å². The molecule has 0 radical (unpaired) electrons. The lowest BCUT2D eigenvalue weighted by Gasteiger charge is -2.03. The van der Waals surface area contributed by atoms with Crippen LogP contribution in [0.15, 0.2) is 30.6 Å². The van der Waals surface area contributed by atoms with Crippen molar-refractivity contribution in [2.24, 2.45) is 0 Å². The van der Waals surface area contributed by atoms with E-state index >= 15 is 0 Å². The van der Waals surface area contributed by atoms with Gasteiger partial charge >= 0.3 is 0 Å². The first-order valence-corrected chi connectivity index (χ1v) is 4.56. The Morgan fingerprint density at radius 1 is 1.00 bits per heavy atom. The molecule has 2 rings (SSSR count). The molecule has 0 unspecified atom stereocenters. The monoisotopic (exact) mass is 224 g/mol. The van der Waals surface area contributed by atoms with E-state index < -0.39 is 17.5 Å². The maximum Gasteiger partial charge on any atom is 0.162 e. The van der Waals surface area contributed by atoms with Gasteiger partial charge in [0.2, 0.25) is 0 Å². The van der Waals surface area contributed by atoms with Crippen molar-refractivity contribution in [3.63, 3.8) is 0 Å². The third-order valence-electron chi connectivity index (χ3n) is 2.04. The van der Waals surface area contributed by atoms with E-state index in [0.717, 1.165) is 6.07 Å². The number of aromatic nitrogens is 2. The normalized spacial score (nSPS) is 10.4. The molecule has 2 nitrogen and oxygen atoms in total. The summed E-state index contributed by atoms with van der Waals surface area (Å²) in [6.07, 6.45) is 2.92. The number of halogens is 3. The number of rotatable bonds is 2. The highest BCUT2D eigenvalue weighted by atomic mass is 19.2. The van der Waals surface area contributed by atoms with E-state index in [1.54, 1.807) is 6.07 Å². The molecule has 1 aromatic carbocycles. The van der Waals surface area contributed by atoms with Crippen molar-refractivity contribution in [3.8, 4) is 0 Å². The fraction of sp³-hybridized carbons (Fsp3) is 0.0909. The van der Waals surface area contributed by atoms with Gasteiger partial charge in [-0.1, -0.05) is 0 Å². The van der Waals surface area contributed by atoms with Gasteiger partial charge in [0.25, 0.3) is 0 Å². The Kier molecular flexibility index (Phi) is 2.85. The largest absolute Gasteiger partial charge is 0.241 e. The summed E-state index contributed by atoms with van der Waals surface area (Å²) in [6, 6.07) is 3.05. The van der Waals surface area contributed by atoms with Crippen molar-refractivity contribution in [1.82, 2.24) is 9.97 Å². The molecule has 0 atom stereocenters. The molecule has 1 heterocycles. The van der Waals surface area contributed by atoms with E-state index in [9.17, 15) is 13.2 Å². The Morgan fingerprint density at radius 3 is 2.38 bits per heavy atom. The van der Waals surface area contributed by atoms with Crippen LogP contribution in [0.5, 0.6) is 0 Å². The topological polar surface area (TPSA) is 25.8 Å². The SMILES string of the molecule is Fc1cc(F)c(F)c(Cc2ncccn2)c1. The molecule has 0 spiro atoms. The lowest BCUT2D eigenvalue weighted by atomic mass is 10.1. The minimum Gasteiger partial charge on any atom is -0.241 e. The van der Waals surface area contributed by atoms with Gasteiger partial charge in [-0.3, -0.25) is 0 Å². The summed E-state index contributed by atoms with van der Waals surface area (Å²) in [6.45, 7) is 0. The Morgan fingerprint density at radius 2 is 1.69 bits per heavy atom. The average molecular weight is 224 g/mol. The second-order valence-corrected chi connectivity index (χ2v) is 3.20. The Bertz CT molecular complexity index is 500. The molecular weight excluding hydrogens is 217 g/mol. The zero-order chi connectivity index (χ0) is 11.5. The van der Waals surface area contributed by atoms with Gasteiger partial charge in [-0.25, -0.2) is 23.1 Å². The molecule has 82 valence electrons. The first-order valence-electron chi connectivity index (χ1n) is 4.56. The summed E-state index contributed by atoms with van der Waals surface area (Å²) in [7, 11) is 0. The molecule has 0 fully saturated rings. The Hall–Kier alpha value is -1.91. The van der Waals surface area contributed by atoms with E-state index in [-0.39, 0.29) is 12.0 Å². The molecule has 5 heteroatoms. The Balaban J connectivity index is 2.35. The van der Waals surface area contributed by atoms with E-state index in [1.807, 2.05) is 0 Å². The van der Waals surface area contributed by atoms with Crippen LogP contribution in [-0.4, -0.2) is 9.97 Å². The second kappa shape index (κ2) is 4.30. The summed E-state index contributed by atoms with van der Waals surface area (Å²) in [5.41, 5.74) is -0.0938. The number of hydrogen-bond acceptors (Lipinski definition) is 2. The maximum absolute atomic E-state index is 13.3. The van der Waals surface area contributed by atoms with Crippen LogP contribution < -0.4 is 0 Å². The highest BCUT2D eigenvalue weighted by Crippen LogP contribution is 2.16. The van der Waals surface area contributed by atoms with E-state index in [1.165, 1.54) is 12.4 Å². The van der Waals surface area contributed by atoms with Crippen molar-refractivity contribution in [3.05, 3.63) is 59.4 Å². The molecule has 0 amide bonds. The van der Waals surface area contributed by atoms with Gasteiger partial charge in [0.1, 0.15) is 11.6 Å². The molecule has 0 aliphatic rings. The number of nitrogens with zero attached hydrogens (tertiary/aromatic N) is 2. The summed E-state index contributed by atoms with van der Waals surface area (Å²) < 4.78 is 39.0. The summed E-state index contributed by atoms with van der Waals surface area (Å²) in [5.74, 6) is -2.77. The zero-order valence-electron chi connectivity index (χ0n) is 8.12. The number of benzene rings is 1. The maximum atomic E-state index is 13.3. The quantitative estimate of drug-likeness (QED) is 0.732. The van der Waals surface area contributed by atoms with Gasteiger partial charge in [-0.15, -0.1) is 0 Å². The molecule has 0 bridgehead atoms. The summed E-state index contributed by atoms with van der Waals surface area (Å²) in [5, 5.41) is 0. The van der Waals surface area contributed by atoms with Gasteiger partial charge in [0.15, 0.2) is 11.6 Å². The molecule has 0 aliphatic heterocycles. The standard InChI is InChI=1S/C11H7F3N2/c12-8-4-7(11(14)9(13)6-8)5-10-15-2-1-3-16-10/h1-4,6H,5H2. The van der Waals surface area contributed by atoms with E-state index in [0.29, 0.717) is 11.9 Å². The minimum atomic E-state index is -1.20. The van der Waals surface area contributed by atoms with Crippen LogP contribution in [0.4, 0.5) is 13.2 Å². The van der Waals surface area contributed by atoms with Crippen LogP contribution in [0.25, 0.3) is 0 Å². The lowest BCUT2D eigenvalue weighted by Crippen LogP contribution is -2.00. The first kappa shape index (κ1) is 10.6. The van der Waals surface area contributed by atoms with Crippen molar-refractivity contribution >= 4 is 0 Å². The van der Waals surface area contributed by atoms with Gasteiger partial charge < -0.3 is 0 Å². The summed E-state index contributed by atoms with van der Waals surface area (Å²) in [4.78, 5) is 7.70. The minimum absolute atomic E-state index is 0.0403. The third kappa shape index (κ3) is 2.18. The van der Waals surface area contributed by atoms with Crippen LogP contribution in [0, 0.1) is 17.5 Å². The smallest absolute Gasteiger partial charge is 0.162 e. The molecule has 16 heavy (non-hydrogen) atoms. The van der Waals surface area contributed by atoms with Crippen LogP contribution in [-0.2, 0) is 6.42 Å². The predicted molar refractivity (Wildman–Crippen MR) is 51.2 cm³/mol. The molecule has 2 aromatic rings. The van der Waals surface area contributed by atoms with Crippen LogP contribution >= 0.6 is 0 Å². The van der Waals surface area contributed by atoms with Crippen LogP contribution in [0.1, 0.15) is 11.4 Å². The van der Waals surface area contributed by atoms with Gasteiger partial charge in [0, 0.05) is 30.4 Å². The van der Waals surface area contributed by atoms with Crippen molar-refractivity contribution in [1.29, 1.82) is 0 Å². The predicted octanol–water partition coefficient (Wildman–Crippen LogP) is 2.48. The van der Waals surface area contributed by atoms with Gasteiger partial charge in [-0.05, 0) is 12.1 Å². The third-order valence-corrected chi connectivity index (χ3v) is 2.04. The highest BCUT2D eigenvalue weighted by molar-refractivity contribution is 5.23. The molecule has 0 aliphatic carbocycles. The average Bonchev–Trinajstić information content (AvgIpc) is 2.27. The number of hydrogen-bond donors (Lipinski definition) is 0. The fourth-order valence-corrected chi connectivity index (χ4v) is 1.33. The highest BCUT2D eigenvalue weighted by Gasteiger charge is 2.12. The van der Waals surface area contributed by atoms with Crippen molar-refractivity contribution < 1.29 is 13.2 Å². The molecule has 1 aromatic heterocycles. The lowest BCUT2D eigenvalue weighted by molar-refractivity contribution is 0.486. The molecular formula is C11H7F3N2. The van der Waals surface area contributed by atoms with Gasteiger partial charge in [0.05, 0.1) is 0 Å². The first-order chi connectivity index (χ1) is 7.66. The van der Waals surface area contributed by atoms with Crippen LogP contribution in [0.3, 0.4) is 0 Å². The zero-order valence-corrected chi connectivity index (χ0v) is 8.12. The summed E-state index contributed by atoms with van der Waals surface area (Å²) >= 11 is 0. The molecule has 0 saturated heterocycles. The van der Waals surface area contributed by atoms with E-state index in [2.05, 4.69) is 9.97 Å². The van der Waals surface area contributed by atoms with E-state index in [4.69, 9.17) is 0 Å². The van der Waals surface area contributed by atoms with Gasteiger partial charge in [-0.2, -0.15) is 0 Å². The van der Waals surface area contributed by atoms with Crippen molar-refractivity contribution in [2.45, 2.75) is 6.42 Å². The fourth-order valence-electron chi connectivity index (χ4n) is 1.33. The molecule has 0 N–H and O–H groups in total.